The van der Waals surface area contributed by atoms with Gasteiger partial charge in [0.2, 0.25) is 0 Å². The van der Waals surface area contributed by atoms with Gasteiger partial charge in [-0.1, -0.05) is 12.1 Å². The Labute approximate surface area is 160 Å². The van der Waals surface area contributed by atoms with Gasteiger partial charge < -0.3 is 10.5 Å². The van der Waals surface area contributed by atoms with Crippen LogP contribution < -0.4 is 10.5 Å². The minimum atomic E-state index is -0.560. The Morgan fingerprint density at radius 3 is 2.37 bits per heavy atom. The maximum absolute atomic E-state index is 11.9. The zero-order chi connectivity index (χ0) is 18.8. The summed E-state index contributed by atoms with van der Waals surface area (Å²) in [4.78, 5) is 23.1. The molecule has 0 unspecified atom stereocenters. The molecule has 1 amide bonds. The van der Waals surface area contributed by atoms with E-state index in [0.717, 1.165) is 26.6 Å². The molecule has 2 heterocycles. The maximum Gasteiger partial charge on any atom is 0.269 e. The molecule has 0 aliphatic carbocycles. The molecule has 27 heavy (non-hydrogen) atoms. The minimum Gasteiger partial charge on any atom is -0.497 e. The first-order valence-electron chi connectivity index (χ1n) is 8.42. The second kappa shape index (κ2) is 7.17. The van der Waals surface area contributed by atoms with E-state index < -0.39 is 5.91 Å². The molecule has 0 radical (unpaired) electrons. The molecule has 2 N–H and O–H groups in total. The number of para-hydroxylation sites is 2. The normalized spacial score (nSPS) is 10.9. The number of fused-ring (bicyclic) bond motifs is 1. The van der Waals surface area contributed by atoms with Gasteiger partial charge >= 0.3 is 0 Å². The second-order valence-electron chi connectivity index (χ2n) is 6.04. The summed E-state index contributed by atoms with van der Waals surface area (Å²) in [5, 5.41) is 0. The molecule has 2 aromatic heterocycles. The molecule has 5 nitrogen and oxygen atoms in total. The zero-order valence-corrected chi connectivity index (χ0v) is 15.5. The Hall–Kier alpha value is -3.25. The van der Waals surface area contributed by atoms with Crippen molar-refractivity contribution in [3.8, 4) is 16.2 Å². The Bertz CT molecular complexity index is 1120. The molecule has 134 valence electrons. The number of nitrogens with two attached hydrogens (primary N) is 1. The first kappa shape index (κ1) is 17.2. The number of aromatic nitrogens is 2. The summed E-state index contributed by atoms with van der Waals surface area (Å²) in [5.41, 5.74) is 8.90. The number of hydrogen-bond acceptors (Lipinski definition) is 5. The van der Waals surface area contributed by atoms with E-state index in [1.807, 2.05) is 54.6 Å². The number of ether oxygens (including phenoxy) is 1. The molecular formula is C21H17N3O2S. The van der Waals surface area contributed by atoms with Gasteiger partial charge in [0.25, 0.3) is 5.91 Å². The van der Waals surface area contributed by atoms with Crippen molar-refractivity contribution in [3.63, 3.8) is 0 Å². The maximum atomic E-state index is 11.9. The van der Waals surface area contributed by atoms with E-state index >= 15 is 0 Å². The largest absolute Gasteiger partial charge is 0.497 e. The van der Waals surface area contributed by atoms with E-state index in [-0.39, 0.29) is 5.69 Å². The molecular weight excluding hydrogens is 358 g/mol. The van der Waals surface area contributed by atoms with Crippen LogP contribution in [-0.2, 0) is 6.42 Å². The van der Waals surface area contributed by atoms with E-state index in [1.54, 1.807) is 18.4 Å². The van der Waals surface area contributed by atoms with Gasteiger partial charge in [0.1, 0.15) is 5.75 Å². The lowest BCUT2D eigenvalue weighted by Crippen LogP contribution is -2.17. The molecule has 6 heteroatoms. The summed E-state index contributed by atoms with van der Waals surface area (Å²) in [6.45, 7) is 0. The van der Waals surface area contributed by atoms with Gasteiger partial charge in [-0.05, 0) is 54.1 Å². The molecule has 4 aromatic rings. The van der Waals surface area contributed by atoms with E-state index in [9.17, 15) is 4.79 Å². The van der Waals surface area contributed by atoms with Crippen LogP contribution in [0.5, 0.6) is 5.75 Å². The molecule has 0 saturated heterocycles. The van der Waals surface area contributed by atoms with Crippen molar-refractivity contribution >= 4 is 28.3 Å². The third kappa shape index (κ3) is 3.52. The standard InChI is InChI=1S/C21H17N3O2S/c1-26-14-8-6-13(7-9-14)19-11-10-15(27-19)12-18-20(21(22)25)24-17-5-3-2-4-16(17)23-18/h2-11H,12H2,1H3,(H2,22,25). The lowest BCUT2D eigenvalue weighted by molar-refractivity contribution is 0.0994. The first-order valence-corrected chi connectivity index (χ1v) is 9.24. The highest BCUT2D eigenvalue weighted by Gasteiger charge is 2.15. The predicted molar refractivity (Wildman–Crippen MR) is 107 cm³/mol. The fourth-order valence-electron chi connectivity index (χ4n) is 2.91. The summed E-state index contributed by atoms with van der Waals surface area (Å²) in [6.07, 6.45) is 0.511. The zero-order valence-electron chi connectivity index (χ0n) is 14.7. The molecule has 0 aliphatic heterocycles. The third-order valence-electron chi connectivity index (χ3n) is 4.25. The molecule has 0 saturated carbocycles. The molecule has 0 spiro atoms. The van der Waals surface area contributed by atoms with Crippen molar-refractivity contribution in [2.75, 3.05) is 7.11 Å². The number of carbonyl (C=O) groups is 1. The summed E-state index contributed by atoms with van der Waals surface area (Å²) in [6, 6.07) is 19.5. The van der Waals surface area contributed by atoms with Gasteiger partial charge in [0.05, 0.1) is 23.8 Å². The summed E-state index contributed by atoms with van der Waals surface area (Å²) in [5.74, 6) is 0.267. The van der Waals surface area contributed by atoms with Crippen molar-refractivity contribution in [1.29, 1.82) is 0 Å². The van der Waals surface area contributed by atoms with Gasteiger partial charge in [0.15, 0.2) is 5.69 Å². The van der Waals surface area contributed by atoms with E-state index in [0.29, 0.717) is 17.6 Å². The Kier molecular flexibility index (Phi) is 4.56. The van der Waals surface area contributed by atoms with Gasteiger partial charge in [-0.2, -0.15) is 0 Å². The summed E-state index contributed by atoms with van der Waals surface area (Å²) < 4.78 is 5.20. The van der Waals surface area contributed by atoms with Crippen molar-refractivity contribution in [2.45, 2.75) is 6.42 Å². The number of primary amides is 1. The molecule has 2 aromatic carbocycles. The Balaban J connectivity index is 1.67. The monoisotopic (exact) mass is 375 g/mol. The summed E-state index contributed by atoms with van der Waals surface area (Å²) in [7, 11) is 1.65. The van der Waals surface area contributed by atoms with Crippen LogP contribution in [0.25, 0.3) is 21.5 Å². The molecule has 4 rings (SSSR count). The van der Waals surface area contributed by atoms with E-state index in [4.69, 9.17) is 10.5 Å². The van der Waals surface area contributed by atoms with Crippen LogP contribution in [0.2, 0.25) is 0 Å². The average Bonchev–Trinajstić information content (AvgIpc) is 3.16. The Morgan fingerprint density at radius 2 is 1.70 bits per heavy atom. The molecule has 0 bridgehead atoms. The highest BCUT2D eigenvalue weighted by molar-refractivity contribution is 7.15. The lowest BCUT2D eigenvalue weighted by Gasteiger charge is -2.06. The number of hydrogen-bond donors (Lipinski definition) is 1. The Morgan fingerprint density at radius 1 is 1.00 bits per heavy atom. The molecule has 0 aliphatic rings. The van der Waals surface area contributed by atoms with Crippen LogP contribution in [0.15, 0.2) is 60.7 Å². The number of benzene rings is 2. The number of thiophene rings is 1. The smallest absolute Gasteiger partial charge is 0.269 e. The number of rotatable bonds is 5. The predicted octanol–water partition coefficient (Wildman–Crippen LogP) is 4.06. The molecule has 0 fully saturated rings. The average molecular weight is 375 g/mol. The van der Waals surface area contributed by atoms with E-state index in [1.165, 1.54) is 0 Å². The topological polar surface area (TPSA) is 78.1 Å². The minimum absolute atomic E-state index is 0.230. The lowest BCUT2D eigenvalue weighted by atomic mass is 10.1. The third-order valence-corrected chi connectivity index (χ3v) is 5.39. The quantitative estimate of drug-likeness (QED) is 0.571. The van der Waals surface area contributed by atoms with Crippen LogP contribution in [0.1, 0.15) is 21.1 Å². The SMILES string of the molecule is COc1ccc(-c2ccc(Cc3nc4ccccc4nc3C(N)=O)s2)cc1. The van der Waals surface area contributed by atoms with Crippen LogP contribution >= 0.6 is 11.3 Å². The second-order valence-corrected chi connectivity index (χ2v) is 7.21. The fourth-order valence-corrected chi connectivity index (χ4v) is 3.92. The van der Waals surface area contributed by atoms with Crippen molar-refractivity contribution in [1.82, 2.24) is 9.97 Å². The molecule has 0 atom stereocenters. The number of methoxy groups -OCH3 is 1. The van der Waals surface area contributed by atoms with Gasteiger partial charge in [-0.3, -0.25) is 4.79 Å². The van der Waals surface area contributed by atoms with Crippen molar-refractivity contribution < 1.29 is 9.53 Å². The fraction of sp³-hybridized carbons (Fsp3) is 0.0952. The highest BCUT2D eigenvalue weighted by Crippen LogP contribution is 2.31. The van der Waals surface area contributed by atoms with Crippen LogP contribution in [-0.4, -0.2) is 23.0 Å². The van der Waals surface area contributed by atoms with Crippen LogP contribution in [0.4, 0.5) is 0 Å². The van der Waals surface area contributed by atoms with Crippen molar-refractivity contribution in [3.05, 3.63) is 76.9 Å². The summed E-state index contributed by atoms with van der Waals surface area (Å²) >= 11 is 1.66. The van der Waals surface area contributed by atoms with Gasteiger partial charge in [-0.15, -0.1) is 11.3 Å². The number of amides is 1. The number of nitrogens with zero attached hydrogens (tertiary/aromatic N) is 2. The first-order chi connectivity index (χ1) is 13.1. The van der Waals surface area contributed by atoms with E-state index in [2.05, 4.69) is 16.0 Å². The van der Waals surface area contributed by atoms with Crippen molar-refractivity contribution in [2.24, 2.45) is 5.73 Å². The highest BCUT2D eigenvalue weighted by atomic mass is 32.1. The number of carbonyl (C=O) groups excluding carboxylic acids is 1. The van der Waals surface area contributed by atoms with Crippen LogP contribution in [0.3, 0.4) is 0 Å². The van der Waals surface area contributed by atoms with Gasteiger partial charge in [-0.25, -0.2) is 9.97 Å². The van der Waals surface area contributed by atoms with Crippen LogP contribution in [0, 0.1) is 0 Å². The van der Waals surface area contributed by atoms with Gasteiger partial charge in [0, 0.05) is 16.2 Å².